The summed E-state index contributed by atoms with van der Waals surface area (Å²) in [7, 11) is 1.78. The van der Waals surface area contributed by atoms with Gasteiger partial charge in [0.2, 0.25) is 0 Å². The fourth-order valence-corrected chi connectivity index (χ4v) is 1.95. The number of fused-ring (bicyclic) bond motifs is 1. The number of hydrogen-bond donors (Lipinski definition) is 0. The summed E-state index contributed by atoms with van der Waals surface area (Å²) in [5, 5.41) is 4.67. The average molecular weight is 240 g/mol. The molecule has 0 bridgehead atoms. The first-order valence-corrected chi connectivity index (χ1v) is 5.67. The van der Waals surface area contributed by atoms with Crippen molar-refractivity contribution in [3.05, 3.63) is 58.8 Å². The lowest BCUT2D eigenvalue weighted by Gasteiger charge is -2.04. The molecule has 3 rings (SSSR count). The zero-order valence-corrected chi connectivity index (χ0v) is 9.95. The van der Waals surface area contributed by atoms with Crippen LogP contribution < -0.4 is 5.56 Å². The van der Waals surface area contributed by atoms with E-state index in [1.165, 1.54) is 0 Å². The maximum Gasteiger partial charge on any atom is 0.264 e. The first kappa shape index (κ1) is 10.7. The molecule has 0 N–H and O–H groups in total. The molecule has 0 spiro atoms. The van der Waals surface area contributed by atoms with Crippen LogP contribution in [0.25, 0.3) is 11.0 Å². The molecule has 0 aliphatic rings. The van der Waals surface area contributed by atoms with E-state index in [4.69, 9.17) is 0 Å². The molecule has 0 aliphatic heterocycles. The van der Waals surface area contributed by atoms with Crippen molar-refractivity contribution in [2.24, 2.45) is 7.05 Å². The van der Waals surface area contributed by atoms with Gasteiger partial charge in [0.25, 0.3) is 5.56 Å². The molecule has 0 atom stereocenters. The monoisotopic (exact) mass is 240 g/mol. The number of aromatic nitrogens is 4. The van der Waals surface area contributed by atoms with Crippen molar-refractivity contribution in [3.8, 4) is 0 Å². The molecule has 0 fully saturated rings. The van der Waals surface area contributed by atoms with E-state index < -0.39 is 0 Å². The van der Waals surface area contributed by atoms with E-state index in [1.54, 1.807) is 28.8 Å². The van der Waals surface area contributed by atoms with E-state index in [1.807, 2.05) is 30.3 Å². The van der Waals surface area contributed by atoms with Gasteiger partial charge in [-0.2, -0.15) is 5.10 Å². The average Bonchev–Trinajstić information content (AvgIpc) is 2.76. The Kier molecular flexibility index (Phi) is 2.44. The Labute approximate surface area is 103 Å². The van der Waals surface area contributed by atoms with Gasteiger partial charge in [-0.15, -0.1) is 0 Å². The molecule has 0 saturated heterocycles. The molecule has 0 amide bonds. The lowest BCUT2D eigenvalue weighted by molar-refractivity contribution is 0.746. The van der Waals surface area contributed by atoms with Crippen LogP contribution in [-0.2, 0) is 13.6 Å². The van der Waals surface area contributed by atoms with Gasteiger partial charge in [0, 0.05) is 13.2 Å². The van der Waals surface area contributed by atoms with E-state index in [0.717, 1.165) is 5.56 Å². The van der Waals surface area contributed by atoms with Crippen LogP contribution in [-0.4, -0.2) is 19.3 Å². The van der Waals surface area contributed by atoms with Crippen LogP contribution in [0.3, 0.4) is 0 Å². The second-order valence-corrected chi connectivity index (χ2v) is 4.20. The summed E-state index contributed by atoms with van der Waals surface area (Å²) in [5.74, 6) is 0. The number of aryl methyl sites for hydroxylation is 1. The fourth-order valence-electron chi connectivity index (χ4n) is 1.95. The third kappa shape index (κ3) is 1.79. The van der Waals surface area contributed by atoms with Gasteiger partial charge in [0.1, 0.15) is 11.7 Å². The molecule has 5 heteroatoms. The van der Waals surface area contributed by atoms with Crippen molar-refractivity contribution in [2.45, 2.75) is 6.54 Å². The Balaban J connectivity index is 2.08. The maximum atomic E-state index is 12.2. The maximum absolute atomic E-state index is 12.2. The molecule has 0 saturated carbocycles. The van der Waals surface area contributed by atoms with Gasteiger partial charge in [0.15, 0.2) is 5.65 Å². The summed E-state index contributed by atoms with van der Waals surface area (Å²) in [6.07, 6.45) is 3.25. The van der Waals surface area contributed by atoms with E-state index in [9.17, 15) is 4.79 Å². The van der Waals surface area contributed by atoms with Crippen LogP contribution in [0, 0.1) is 0 Å². The van der Waals surface area contributed by atoms with Gasteiger partial charge in [-0.25, -0.2) is 4.98 Å². The van der Waals surface area contributed by atoms with Crippen molar-refractivity contribution in [2.75, 3.05) is 0 Å². The molecule has 3 aromatic rings. The molecule has 0 radical (unpaired) electrons. The third-order valence-electron chi connectivity index (χ3n) is 2.82. The van der Waals surface area contributed by atoms with Gasteiger partial charge < -0.3 is 0 Å². The summed E-state index contributed by atoms with van der Waals surface area (Å²) < 4.78 is 3.20. The molecule has 2 heterocycles. The van der Waals surface area contributed by atoms with E-state index in [2.05, 4.69) is 10.1 Å². The number of benzene rings is 1. The lowest BCUT2D eigenvalue weighted by atomic mass is 10.2. The van der Waals surface area contributed by atoms with Gasteiger partial charge in [0.05, 0.1) is 6.54 Å². The standard InChI is InChI=1S/C13H12N4O/c1-16-8-11-12(15-16)14-9-17(13(11)18)7-10-5-3-2-4-6-10/h2-6,8-9H,7H2,1H3. The van der Waals surface area contributed by atoms with E-state index >= 15 is 0 Å². The largest absolute Gasteiger partial charge is 0.294 e. The molecule has 0 unspecified atom stereocenters. The molecule has 2 aromatic heterocycles. The topological polar surface area (TPSA) is 52.7 Å². The minimum Gasteiger partial charge on any atom is -0.294 e. The minimum atomic E-state index is -0.0584. The highest BCUT2D eigenvalue weighted by Crippen LogP contribution is 2.04. The zero-order chi connectivity index (χ0) is 12.5. The molecule has 18 heavy (non-hydrogen) atoms. The Bertz CT molecular complexity index is 743. The highest BCUT2D eigenvalue weighted by atomic mass is 16.1. The van der Waals surface area contributed by atoms with Gasteiger partial charge >= 0.3 is 0 Å². The minimum absolute atomic E-state index is 0.0584. The molecule has 90 valence electrons. The Morgan fingerprint density at radius 3 is 2.78 bits per heavy atom. The summed E-state index contributed by atoms with van der Waals surface area (Å²) in [4.78, 5) is 16.4. The second kappa shape index (κ2) is 4.10. The second-order valence-electron chi connectivity index (χ2n) is 4.20. The van der Waals surface area contributed by atoms with Crippen LogP contribution in [0.4, 0.5) is 0 Å². The molecule has 0 aliphatic carbocycles. The highest BCUT2D eigenvalue weighted by Gasteiger charge is 2.07. The molecule has 1 aromatic carbocycles. The predicted molar refractivity (Wildman–Crippen MR) is 68.3 cm³/mol. The number of hydrogen-bond acceptors (Lipinski definition) is 3. The zero-order valence-electron chi connectivity index (χ0n) is 9.95. The quantitative estimate of drug-likeness (QED) is 0.676. The van der Waals surface area contributed by atoms with Crippen LogP contribution in [0.1, 0.15) is 5.56 Å². The summed E-state index contributed by atoms with van der Waals surface area (Å²) in [5.41, 5.74) is 1.51. The fraction of sp³-hybridized carbons (Fsp3) is 0.154. The highest BCUT2D eigenvalue weighted by molar-refractivity contribution is 5.72. The third-order valence-corrected chi connectivity index (χ3v) is 2.82. The summed E-state index contributed by atoms with van der Waals surface area (Å²) >= 11 is 0. The van der Waals surface area contributed by atoms with Crippen LogP contribution >= 0.6 is 0 Å². The Morgan fingerprint density at radius 1 is 1.22 bits per heavy atom. The molecular formula is C13H12N4O. The van der Waals surface area contributed by atoms with E-state index in [-0.39, 0.29) is 5.56 Å². The molecular weight excluding hydrogens is 228 g/mol. The van der Waals surface area contributed by atoms with Crippen LogP contribution in [0.2, 0.25) is 0 Å². The summed E-state index contributed by atoms with van der Waals surface area (Å²) in [6.45, 7) is 0.525. The van der Waals surface area contributed by atoms with Crippen molar-refractivity contribution < 1.29 is 0 Å². The van der Waals surface area contributed by atoms with Crippen LogP contribution in [0.5, 0.6) is 0 Å². The predicted octanol–water partition coefficient (Wildman–Crippen LogP) is 1.18. The van der Waals surface area contributed by atoms with E-state index in [0.29, 0.717) is 17.6 Å². The lowest BCUT2D eigenvalue weighted by Crippen LogP contribution is -2.20. The summed E-state index contributed by atoms with van der Waals surface area (Å²) in [6, 6.07) is 9.83. The Morgan fingerprint density at radius 2 is 2.00 bits per heavy atom. The van der Waals surface area contributed by atoms with Crippen molar-refractivity contribution in [1.29, 1.82) is 0 Å². The first-order valence-electron chi connectivity index (χ1n) is 5.67. The van der Waals surface area contributed by atoms with Gasteiger partial charge in [-0.1, -0.05) is 30.3 Å². The first-order chi connectivity index (χ1) is 8.74. The van der Waals surface area contributed by atoms with Gasteiger partial charge in [-0.05, 0) is 5.56 Å². The Hall–Kier alpha value is -2.43. The normalized spacial score (nSPS) is 10.9. The van der Waals surface area contributed by atoms with Crippen molar-refractivity contribution in [3.63, 3.8) is 0 Å². The van der Waals surface area contributed by atoms with Crippen molar-refractivity contribution >= 4 is 11.0 Å². The number of rotatable bonds is 2. The van der Waals surface area contributed by atoms with Gasteiger partial charge in [-0.3, -0.25) is 14.0 Å². The SMILES string of the molecule is Cn1cc2c(=O)n(Cc3ccccc3)cnc2n1. The van der Waals surface area contributed by atoms with Crippen molar-refractivity contribution in [1.82, 2.24) is 19.3 Å². The molecule has 5 nitrogen and oxygen atoms in total. The van der Waals surface area contributed by atoms with Crippen LogP contribution in [0.15, 0.2) is 47.7 Å². The smallest absolute Gasteiger partial charge is 0.264 e. The number of nitrogens with zero attached hydrogens (tertiary/aromatic N) is 4.